The minimum atomic E-state index is -0.208. The van der Waals surface area contributed by atoms with Crippen LogP contribution in [0.1, 0.15) is 29.7 Å². The molecule has 1 atom stereocenters. The van der Waals surface area contributed by atoms with Gasteiger partial charge in [-0.15, -0.1) is 0 Å². The lowest BCUT2D eigenvalue weighted by atomic mass is 9.96. The lowest BCUT2D eigenvalue weighted by Gasteiger charge is -2.17. The Bertz CT molecular complexity index is 615. The lowest BCUT2D eigenvalue weighted by molar-refractivity contribution is 0.338. The molecule has 20 heavy (non-hydrogen) atoms. The van der Waals surface area contributed by atoms with E-state index in [1.54, 1.807) is 0 Å². The van der Waals surface area contributed by atoms with Crippen molar-refractivity contribution in [3.8, 4) is 5.75 Å². The van der Waals surface area contributed by atoms with E-state index in [9.17, 15) is 0 Å². The molecule has 0 radical (unpaired) electrons. The van der Waals surface area contributed by atoms with Crippen molar-refractivity contribution in [3.63, 3.8) is 0 Å². The molecule has 1 unspecified atom stereocenters. The number of halogens is 2. The Morgan fingerprint density at radius 3 is 2.65 bits per heavy atom. The highest BCUT2D eigenvalue weighted by atomic mass is 79.9. The van der Waals surface area contributed by atoms with Gasteiger partial charge in [-0.2, -0.15) is 0 Å². The van der Waals surface area contributed by atoms with Crippen molar-refractivity contribution < 1.29 is 4.74 Å². The highest BCUT2D eigenvalue weighted by Gasteiger charge is 2.13. The van der Waals surface area contributed by atoms with Gasteiger partial charge in [0.2, 0.25) is 0 Å². The van der Waals surface area contributed by atoms with Crippen molar-refractivity contribution in [3.05, 3.63) is 62.6 Å². The Kier molecular flexibility index (Phi) is 5.08. The minimum absolute atomic E-state index is 0.208. The molecule has 106 valence electrons. The van der Waals surface area contributed by atoms with Crippen LogP contribution in [0.3, 0.4) is 0 Å². The van der Waals surface area contributed by atoms with Gasteiger partial charge in [-0.25, -0.2) is 0 Å². The number of benzene rings is 2. The number of hydrogen-bond acceptors (Lipinski definition) is 2. The number of rotatable bonds is 4. The predicted octanol–water partition coefficient (Wildman–Crippen LogP) is 4.86. The number of aryl methyl sites for hydroxylation is 1. The highest BCUT2D eigenvalue weighted by Crippen LogP contribution is 2.31. The Morgan fingerprint density at radius 1 is 1.25 bits per heavy atom. The van der Waals surface area contributed by atoms with Gasteiger partial charge in [0.1, 0.15) is 5.75 Å². The molecule has 0 spiro atoms. The average molecular weight is 355 g/mol. The fraction of sp³-hybridized carbons (Fsp3) is 0.250. The van der Waals surface area contributed by atoms with E-state index in [1.165, 1.54) is 0 Å². The molecule has 0 aliphatic rings. The van der Waals surface area contributed by atoms with Crippen molar-refractivity contribution in [1.82, 2.24) is 0 Å². The smallest absolute Gasteiger partial charge is 0.133 e. The third-order valence-corrected chi connectivity index (χ3v) is 4.05. The SMILES string of the molecule is CCOc1ccc(C(N)c2cc(Cl)ccc2C)cc1Br. The third-order valence-electron chi connectivity index (χ3n) is 3.19. The van der Waals surface area contributed by atoms with Crippen molar-refractivity contribution in [2.75, 3.05) is 6.61 Å². The normalized spacial score (nSPS) is 12.2. The number of nitrogens with two attached hydrogens (primary N) is 1. The molecule has 0 heterocycles. The van der Waals surface area contributed by atoms with Crippen LogP contribution in [-0.4, -0.2) is 6.61 Å². The van der Waals surface area contributed by atoms with E-state index >= 15 is 0 Å². The van der Waals surface area contributed by atoms with Crippen LogP contribution in [0, 0.1) is 6.92 Å². The summed E-state index contributed by atoms with van der Waals surface area (Å²) in [6, 6.07) is 11.5. The molecule has 2 N–H and O–H groups in total. The second-order valence-corrected chi connectivity index (χ2v) is 5.89. The third kappa shape index (κ3) is 3.35. The van der Waals surface area contributed by atoms with Crippen molar-refractivity contribution in [2.45, 2.75) is 19.9 Å². The van der Waals surface area contributed by atoms with Gasteiger partial charge in [0.15, 0.2) is 0 Å². The van der Waals surface area contributed by atoms with Crippen LogP contribution >= 0.6 is 27.5 Å². The first-order valence-electron chi connectivity index (χ1n) is 6.46. The largest absolute Gasteiger partial charge is 0.493 e. The molecule has 0 aliphatic heterocycles. The maximum Gasteiger partial charge on any atom is 0.133 e. The maximum atomic E-state index is 6.36. The quantitative estimate of drug-likeness (QED) is 0.851. The van der Waals surface area contributed by atoms with Crippen LogP contribution in [0.4, 0.5) is 0 Å². The van der Waals surface area contributed by atoms with Crippen LogP contribution in [0.2, 0.25) is 5.02 Å². The Morgan fingerprint density at radius 2 is 2.00 bits per heavy atom. The van der Waals surface area contributed by atoms with Gasteiger partial charge in [0, 0.05) is 5.02 Å². The van der Waals surface area contributed by atoms with Crippen molar-refractivity contribution >= 4 is 27.5 Å². The monoisotopic (exact) mass is 353 g/mol. The summed E-state index contributed by atoms with van der Waals surface area (Å²) in [7, 11) is 0. The van der Waals surface area contributed by atoms with Gasteiger partial charge in [0.05, 0.1) is 17.1 Å². The topological polar surface area (TPSA) is 35.2 Å². The zero-order valence-corrected chi connectivity index (χ0v) is 13.8. The van der Waals surface area contributed by atoms with Crippen LogP contribution < -0.4 is 10.5 Å². The lowest BCUT2D eigenvalue weighted by Crippen LogP contribution is -2.13. The van der Waals surface area contributed by atoms with Crippen LogP contribution in [-0.2, 0) is 0 Å². The summed E-state index contributed by atoms with van der Waals surface area (Å²) in [5, 5.41) is 0.700. The molecular formula is C16H17BrClNO. The summed E-state index contributed by atoms with van der Waals surface area (Å²) in [6.45, 7) is 4.63. The van der Waals surface area contributed by atoms with Gasteiger partial charge in [-0.05, 0) is 70.7 Å². The standard InChI is InChI=1S/C16H17BrClNO/c1-3-20-15-7-5-11(8-14(15)17)16(19)13-9-12(18)6-4-10(13)2/h4-9,16H,3,19H2,1-2H3. The number of ether oxygens (including phenoxy) is 1. The first-order chi connectivity index (χ1) is 9.52. The molecule has 0 saturated heterocycles. The molecule has 0 amide bonds. The molecule has 2 aromatic carbocycles. The maximum absolute atomic E-state index is 6.36. The molecular weight excluding hydrogens is 338 g/mol. The predicted molar refractivity (Wildman–Crippen MR) is 87.5 cm³/mol. The van der Waals surface area contributed by atoms with Crippen LogP contribution in [0.25, 0.3) is 0 Å². The van der Waals surface area contributed by atoms with Gasteiger partial charge in [-0.3, -0.25) is 0 Å². The Hall–Kier alpha value is -1.03. The van der Waals surface area contributed by atoms with Gasteiger partial charge < -0.3 is 10.5 Å². The Balaban J connectivity index is 2.35. The summed E-state index contributed by atoms with van der Waals surface area (Å²) in [5.74, 6) is 0.825. The van der Waals surface area contributed by atoms with Crippen LogP contribution in [0.15, 0.2) is 40.9 Å². The zero-order valence-electron chi connectivity index (χ0n) is 11.5. The van der Waals surface area contributed by atoms with E-state index in [2.05, 4.69) is 15.9 Å². The molecule has 0 aromatic heterocycles. The zero-order chi connectivity index (χ0) is 14.7. The fourth-order valence-corrected chi connectivity index (χ4v) is 2.80. The molecule has 2 nitrogen and oxygen atoms in total. The Labute approximate surface area is 133 Å². The molecule has 4 heteroatoms. The van der Waals surface area contributed by atoms with E-state index in [0.29, 0.717) is 11.6 Å². The number of hydrogen-bond donors (Lipinski definition) is 1. The van der Waals surface area contributed by atoms with Crippen molar-refractivity contribution in [1.29, 1.82) is 0 Å². The van der Waals surface area contributed by atoms with Crippen molar-refractivity contribution in [2.24, 2.45) is 5.73 Å². The minimum Gasteiger partial charge on any atom is -0.493 e. The summed E-state index contributed by atoms with van der Waals surface area (Å²) in [4.78, 5) is 0. The second kappa shape index (κ2) is 6.61. The highest BCUT2D eigenvalue weighted by molar-refractivity contribution is 9.10. The molecule has 0 fully saturated rings. The molecule has 2 rings (SSSR count). The second-order valence-electron chi connectivity index (χ2n) is 4.60. The molecule has 0 bridgehead atoms. The first kappa shape index (κ1) is 15.4. The molecule has 2 aromatic rings. The van der Waals surface area contributed by atoms with E-state index in [0.717, 1.165) is 26.9 Å². The van der Waals surface area contributed by atoms with E-state index in [-0.39, 0.29) is 6.04 Å². The van der Waals surface area contributed by atoms with Gasteiger partial charge >= 0.3 is 0 Å². The summed E-state index contributed by atoms with van der Waals surface area (Å²) in [5.41, 5.74) is 9.54. The summed E-state index contributed by atoms with van der Waals surface area (Å²) >= 11 is 9.58. The average Bonchev–Trinajstić information content (AvgIpc) is 2.43. The summed E-state index contributed by atoms with van der Waals surface area (Å²) in [6.07, 6.45) is 0. The summed E-state index contributed by atoms with van der Waals surface area (Å²) < 4.78 is 6.42. The van der Waals surface area contributed by atoms with Gasteiger partial charge in [-0.1, -0.05) is 23.7 Å². The van der Waals surface area contributed by atoms with E-state index < -0.39 is 0 Å². The van der Waals surface area contributed by atoms with Gasteiger partial charge in [0.25, 0.3) is 0 Å². The first-order valence-corrected chi connectivity index (χ1v) is 7.64. The molecule has 0 aliphatic carbocycles. The van der Waals surface area contributed by atoms with E-state index in [1.807, 2.05) is 50.2 Å². The fourth-order valence-electron chi connectivity index (χ4n) is 2.11. The van der Waals surface area contributed by atoms with Crippen LogP contribution in [0.5, 0.6) is 5.75 Å². The van der Waals surface area contributed by atoms with E-state index in [4.69, 9.17) is 22.1 Å². The molecule has 0 saturated carbocycles.